The van der Waals surface area contributed by atoms with Gasteiger partial charge in [0.05, 0.1) is 6.04 Å². The number of amides is 2. The number of carbonyl (C=O) groups excluding carboxylic acids is 2. The first-order valence-electron chi connectivity index (χ1n) is 7.94. The van der Waals surface area contributed by atoms with Crippen molar-refractivity contribution in [3.05, 3.63) is 34.9 Å². The Kier molecular flexibility index (Phi) is 4.67. The zero-order valence-electron chi connectivity index (χ0n) is 12.6. The predicted molar refractivity (Wildman–Crippen MR) is 85.6 cm³/mol. The lowest BCUT2D eigenvalue weighted by Crippen LogP contribution is -2.42. The molecule has 1 atom stereocenters. The van der Waals surface area contributed by atoms with Gasteiger partial charge in [-0.15, -0.1) is 0 Å². The number of likely N-dealkylation sites (tertiary alicyclic amines) is 1. The number of nitrogens with zero attached hydrogens (tertiary/aromatic N) is 1. The monoisotopic (exact) mass is 320 g/mol. The summed E-state index contributed by atoms with van der Waals surface area (Å²) < 4.78 is 0. The lowest BCUT2D eigenvalue weighted by atomic mass is 9.84. The molecule has 0 aromatic heterocycles. The molecule has 3 rings (SSSR count). The van der Waals surface area contributed by atoms with Gasteiger partial charge in [0.1, 0.15) is 0 Å². The van der Waals surface area contributed by atoms with Gasteiger partial charge in [-0.25, -0.2) is 0 Å². The number of carbonyl (C=O) groups is 2. The minimum absolute atomic E-state index is 0.0278. The fourth-order valence-electron chi connectivity index (χ4n) is 3.03. The topological polar surface area (TPSA) is 49.4 Å². The van der Waals surface area contributed by atoms with Crippen LogP contribution < -0.4 is 5.32 Å². The van der Waals surface area contributed by atoms with E-state index in [0.717, 1.165) is 36.3 Å². The molecular formula is C17H21ClN2O2. The van der Waals surface area contributed by atoms with Gasteiger partial charge in [-0.2, -0.15) is 0 Å². The van der Waals surface area contributed by atoms with Crippen LogP contribution in [-0.4, -0.2) is 35.8 Å². The van der Waals surface area contributed by atoms with Gasteiger partial charge in [-0.05, 0) is 37.0 Å². The summed E-state index contributed by atoms with van der Waals surface area (Å²) in [5.74, 6) is 0.428. The number of hydrogen-bond donors (Lipinski definition) is 1. The zero-order valence-corrected chi connectivity index (χ0v) is 13.3. The van der Waals surface area contributed by atoms with Crippen LogP contribution in [0.15, 0.2) is 24.3 Å². The first kappa shape index (κ1) is 15.3. The smallest absolute Gasteiger partial charge is 0.224 e. The summed E-state index contributed by atoms with van der Waals surface area (Å²) in [6.45, 7) is 1.30. The molecule has 118 valence electrons. The molecule has 0 spiro atoms. The Labute approximate surface area is 135 Å². The van der Waals surface area contributed by atoms with Gasteiger partial charge in [0, 0.05) is 30.5 Å². The average molecular weight is 321 g/mol. The fourth-order valence-corrected chi connectivity index (χ4v) is 3.24. The molecule has 0 radical (unpaired) electrons. The van der Waals surface area contributed by atoms with E-state index in [1.165, 1.54) is 0 Å². The van der Waals surface area contributed by atoms with Gasteiger partial charge in [0.2, 0.25) is 11.8 Å². The molecule has 0 unspecified atom stereocenters. The molecule has 1 saturated heterocycles. The van der Waals surface area contributed by atoms with Gasteiger partial charge in [-0.3, -0.25) is 9.59 Å². The van der Waals surface area contributed by atoms with E-state index in [1.807, 2.05) is 29.2 Å². The highest BCUT2D eigenvalue weighted by molar-refractivity contribution is 6.30. The molecule has 1 aromatic rings. The van der Waals surface area contributed by atoms with Crippen LogP contribution in [-0.2, 0) is 16.0 Å². The number of rotatable bonds is 5. The molecule has 1 aliphatic heterocycles. The van der Waals surface area contributed by atoms with Crippen molar-refractivity contribution in [2.75, 3.05) is 13.1 Å². The Hall–Kier alpha value is -1.55. The summed E-state index contributed by atoms with van der Waals surface area (Å²) in [5, 5.41) is 3.74. The van der Waals surface area contributed by atoms with Crippen molar-refractivity contribution < 1.29 is 9.59 Å². The van der Waals surface area contributed by atoms with E-state index < -0.39 is 0 Å². The normalized spacial score (nSPS) is 21.8. The van der Waals surface area contributed by atoms with Crippen LogP contribution in [0.2, 0.25) is 5.02 Å². The van der Waals surface area contributed by atoms with E-state index in [-0.39, 0.29) is 23.8 Å². The molecule has 1 saturated carbocycles. The second kappa shape index (κ2) is 6.69. The van der Waals surface area contributed by atoms with Crippen LogP contribution in [0.1, 0.15) is 31.2 Å². The van der Waals surface area contributed by atoms with Crippen LogP contribution in [0.3, 0.4) is 0 Å². The van der Waals surface area contributed by atoms with Crippen molar-refractivity contribution >= 4 is 23.4 Å². The van der Waals surface area contributed by atoms with Crippen molar-refractivity contribution in [2.24, 2.45) is 5.92 Å². The second-order valence-electron chi connectivity index (χ2n) is 6.26. The minimum atomic E-state index is -0.0278. The molecule has 5 heteroatoms. The van der Waals surface area contributed by atoms with Gasteiger partial charge < -0.3 is 10.2 Å². The van der Waals surface area contributed by atoms with Crippen molar-refractivity contribution in [1.29, 1.82) is 0 Å². The maximum absolute atomic E-state index is 12.1. The molecule has 2 fully saturated rings. The molecular weight excluding hydrogens is 300 g/mol. The largest absolute Gasteiger partial charge is 0.351 e. The first-order valence-corrected chi connectivity index (χ1v) is 8.32. The Bertz CT molecular complexity index is 572. The van der Waals surface area contributed by atoms with Crippen molar-refractivity contribution in [3.8, 4) is 0 Å². The third-order valence-corrected chi connectivity index (χ3v) is 4.83. The van der Waals surface area contributed by atoms with E-state index >= 15 is 0 Å². The predicted octanol–water partition coefficient (Wildman–Crippen LogP) is 2.40. The van der Waals surface area contributed by atoms with Gasteiger partial charge >= 0.3 is 0 Å². The summed E-state index contributed by atoms with van der Waals surface area (Å²) in [5.41, 5.74) is 1.13. The molecule has 1 aromatic carbocycles. The van der Waals surface area contributed by atoms with Gasteiger partial charge in [0.15, 0.2) is 0 Å². The van der Waals surface area contributed by atoms with Crippen molar-refractivity contribution in [1.82, 2.24) is 10.2 Å². The number of benzene rings is 1. The number of hydrogen-bond acceptors (Lipinski definition) is 2. The SMILES string of the molecule is O=C(N[C@H]1CC(=O)N(CCc2cccc(Cl)c2)C1)C1CCC1. The molecule has 1 heterocycles. The molecule has 4 nitrogen and oxygen atoms in total. The molecule has 1 N–H and O–H groups in total. The lowest BCUT2D eigenvalue weighted by Gasteiger charge is -2.26. The Morgan fingerprint density at radius 2 is 2.18 bits per heavy atom. The average Bonchev–Trinajstić information content (AvgIpc) is 2.74. The Balaban J connectivity index is 1.48. The summed E-state index contributed by atoms with van der Waals surface area (Å²) in [6.07, 6.45) is 4.34. The second-order valence-corrected chi connectivity index (χ2v) is 6.69. The zero-order chi connectivity index (χ0) is 15.5. The molecule has 0 bridgehead atoms. The number of halogens is 1. The Morgan fingerprint density at radius 3 is 2.86 bits per heavy atom. The highest BCUT2D eigenvalue weighted by atomic mass is 35.5. The van der Waals surface area contributed by atoms with Gasteiger partial charge in [-0.1, -0.05) is 30.2 Å². The number of nitrogens with one attached hydrogen (secondary N) is 1. The minimum Gasteiger partial charge on any atom is -0.351 e. The van der Waals surface area contributed by atoms with E-state index in [4.69, 9.17) is 11.6 Å². The highest BCUT2D eigenvalue weighted by Gasteiger charge is 2.33. The maximum atomic E-state index is 12.1. The van der Waals surface area contributed by atoms with Crippen LogP contribution in [0.25, 0.3) is 0 Å². The molecule has 2 aliphatic rings. The van der Waals surface area contributed by atoms with Crippen molar-refractivity contribution in [3.63, 3.8) is 0 Å². The van der Waals surface area contributed by atoms with E-state index in [9.17, 15) is 9.59 Å². The van der Waals surface area contributed by atoms with E-state index in [1.54, 1.807) is 0 Å². The van der Waals surface area contributed by atoms with E-state index in [0.29, 0.717) is 19.5 Å². The molecule has 2 amide bonds. The van der Waals surface area contributed by atoms with Crippen LogP contribution >= 0.6 is 11.6 Å². The summed E-state index contributed by atoms with van der Waals surface area (Å²) >= 11 is 5.97. The lowest BCUT2D eigenvalue weighted by molar-refractivity contribution is -0.128. The third-order valence-electron chi connectivity index (χ3n) is 4.60. The first-order chi connectivity index (χ1) is 10.6. The Morgan fingerprint density at radius 1 is 1.36 bits per heavy atom. The highest BCUT2D eigenvalue weighted by Crippen LogP contribution is 2.26. The molecule has 1 aliphatic carbocycles. The summed E-state index contributed by atoms with van der Waals surface area (Å²) in [4.78, 5) is 25.9. The fraction of sp³-hybridized carbons (Fsp3) is 0.529. The maximum Gasteiger partial charge on any atom is 0.224 e. The standard InChI is InChI=1S/C17H21ClN2O2/c18-14-6-1-3-12(9-14)7-8-20-11-15(10-16(20)21)19-17(22)13-4-2-5-13/h1,3,6,9,13,15H,2,4-5,7-8,10-11H2,(H,19,22)/t15-/m0/s1. The van der Waals surface area contributed by atoms with Crippen LogP contribution in [0.5, 0.6) is 0 Å². The van der Waals surface area contributed by atoms with Crippen molar-refractivity contribution in [2.45, 2.75) is 38.1 Å². The summed E-state index contributed by atoms with van der Waals surface area (Å²) in [7, 11) is 0. The van der Waals surface area contributed by atoms with Gasteiger partial charge in [0.25, 0.3) is 0 Å². The van der Waals surface area contributed by atoms with E-state index in [2.05, 4.69) is 5.32 Å². The molecule has 22 heavy (non-hydrogen) atoms. The summed E-state index contributed by atoms with van der Waals surface area (Å²) in [6, 6.07) is 7.68. The van der Waals surface area contributed by atoms with Crippen LogP contribution in [0.4, 0.5) is 0 Å². The van der Waals surface area contributed by atoms with Crippen LogP contribution in [0, 0.1) is 5.92 Å². The quantitative estimate of drug-likeness (QED) is 0.905. The third kappa shape index (κ3) is 3.61.